The number of thiazole rings is 1. The molecule has 0 spiro atoms. The Morgan fingerprint density at radius 2 is 2.10 bits per heavy atom. The lowest BCUT2D eigenvalue weighted by Gasteiger charge is -2.34. The number of hydrogen-bond acceptors (Lipinski definition) is 4. The van der Waals surface area contributed by atoms with E-state index in [1.165, 1.54) is 41.4 Å². The Bertz CT molecular complexity index is 453. The molecule has 0 saturated carbocycles. The minimum atomic E-state index is 0.353. The second kappa shape index (κ2) is 7.10. The number of nitrogens with one attached hydrogen (secondary N) is 1. The first-order chi connectivity index (χ1) is 9.96. The minimum Gasteiger partial charge on any atom is -0.351 e. The molecule has 21 heavy (non-hydrogen) atoms. The molecular weight excluding hydrogens is 278 g/mol. The van der Waals surface area contributed by atoms with E-state index in [0.717, 1.165) is 19.5 Å². The fraction of sp³-hybridized carbons (Fsp3) is 0.824. The first-order valence-electron chi connectivity index (χ1n) is 8.41. The standard InChI is InChI=1S/C17H31N3S/c1-6-8-10-20(5)16-19-14-12-17(3,4)11-13(15(14)21-16)18-9-7-2/h13,18H,6-12H2,1-5H3. The van der Waals surface area contributed by atoms with Crippen molar-refractivity contribution < 1.29 is 0 Å². The lowest BCUT2D eigenvalue weighted by Crippen LogP contribution is -2.33. The van der Waals surface area contributed by atoms with Gasteiger partial charge in [0.1, 0.15) is 0 Å². The van der Waals surface area contributed by atoms with Crippen LogP contribution in [-0.2, 0) is 6.42 Å². The molecule has 120 valence electrons. The van der Waals surface area contributed by atoms with Crippen LogP contribution in [0.2, 0.25) is 0 Å². The van der Waals surface area contributed by atoms with E-state index in [1.807, 2.05) is 11.3 Å². The second-order valence-electron chi connectivity index (χ2n) is 7.13. The summed E-state index contributed by atoms with van der Waals surface area (Å²) in [7, 11) is 2.18. The van der Waals surface area contributed by atoms with E-state index in [4.69, 9.17) is 4.98 Å². The van der Waals surface area contributed by atoms with E-state index >= 15 is 0 Å². The maximum atomic E-state index is 4.96. The summed E-state index contributed by atoms with van der Waals surface area (Å²) >= 11 is 1.91. The second-order valence-corrected chi connectivity index (χ2v) is 8.14. The van der Waals surface area contributed by atoms with Gasteiger partial charge in [0, 0.05) is 24.5 Å². The Labute approximate surface area is 134 Å². The number of rotatable bonds is 7. The number of nitrogens with zero attached hydrogens (tertiary/aromatic N) is 2. The van der Waals surface area contributed by atoms with E-state index in [0.29, 0.717) is 11.5 Å². The van der Waals surface area contributed by atoms with E-state index in [1.54, 1.807) is 0 Å². The zero-order valence-corrected chi connectivity index (χ0v) is 15.1. The van der Waals surface area contributed by atoms with Crippen molar-refractivity contribution in [1.29, 1.82) is 0 Å². The van der Waals surface area contributed by atoms with Gasteiger partial charge in [0.25, 0.3) is 0 Å². The maximum absolute atomic E-state index is 4.96. The summed E-state index contributed by atoms with van der Waals surface area (Å²) in [5.74, 6) is 0. The van der Waals surface area contributed by atoms with Crippen LogP contribution in [0.3, 0.4) is 0 Å². The monoisotopic (exact) mass is 309 g/mol. The van der Waals surface area contributed by atoms with Crippen LogP contribution in [0.1, 0.15) is 70.0 Å². The van der Waals surface area contributed by atoms with Crippen molar-refractivity contribution in [1.82, 2.24) is 10.3 Å². The SMILES string of the molecule is CCCCN(C)c1nc2c(s1)C(NCCC)CC(C)(C)C2. The van der Waals surface area contributed by atoms with Gasteiger partial charge >= 0.3 is 0 Å². The highest BCUT2D eigenvalue weighted by atomic mass is 32.1. The Morgan fingerprint density at radius 3 is 2.76 bits per heavy atom. The normalized spacial score (nSPS) is 20.3. The molecule has 2 rings (SSSR count). The van der Waals surface area contributed by atoms with Crippen LogP contribution < -0.4 is 10.2 Å². The van der Waals surface area contributed by atoms with Gasteiger partial charge < -0.3 is 10.2 Å². The summed E-state index contributed by atoms with van der Waals surface area (Å²) in [6, 6.07) is 0.495. The molecule has 1 aliphatic rings. The third-order valence-electron chi connectivity index (χ3n) is 4.25. The van der Waals surface area contributed by atoms with Crippen molar-refractivity contribution >= 4 is 16.5 Å². The van der Waals surface area contributed by atoms with Crippen LogP contribution in [0.5, 0.6) is 0 Å². The molecule has 0 radical (unpaired) electrons. The van der Waals surface area contributed by atoms with Crippen molar-refractivity contribution in [3.63, 3.8) is 0 Å². The maximum Gasteiger partial charge on any atom is 0.185 e. The lowest BCUT2D eigenvalue weighted by molar-refractivity contribution is 0.258. The Morgan fingerprint density at radius 1 is 1.33 bits per heavy atom. The largest absolute Gasteiger partial charge is 0.351 e. The Hall–Kier alpha value is -0.610. The molecule has 3 nitrogen and oxygen atoms in total. The van der Waals surface area contributed by atoms with Crippen molar-refractivity contribution in [2.75, 3.05) is 25.0 Å². The molecule has 4 heteroatoms. The first kappa shape index (κ1) is 16.8. The Kier molecular flexibility index (Phi) is 5.67. The highest BCUT2D eigenvalue weighted by Gasteiger charge is 2.35. The third kappa shape index (κ3) is 4.19. The highest BCUT2D eigenvalue weighted by molar-refractivity contribution is 7.15. The zero-order valence-electron chi connectivity index (χ0n) is 14.3. The lowest BCUT2D eigenvalue weighted by atomic mass is 9.76. The smallest absolute Gasteiger partial charge is 0.185 e. The molecule has 0 bridgehead atoms. The topological polar surface area (TPSA) is 28.2 Å². The molecular formula is C17H31N3S. The fourth-order valence-corrected chi connectivity index (χ4v) is 4.20. The molecule has 0 aliphatic heterocycles. The average molecular weight is 310 g/mol. The van der Waals surface area contributed by atoms with Gasteiger partial charge in [0.15, 0.2) is 5.13 Å². The number of fused-ring (bicyclic) bond motifs is 1. The molecule has 1 atom stereocenters. The van der Waals surface area contributed by atoms with E-state index in [-0.39, 0.29) is 0 Å². The van der Waals surface area contributed by atoms with Gasteiger partial charge in [-0.25, -0.2) is 4.98 Å². The van der Waals surface area contributed by atoms with Gasteiger partial charge in [0.2, 0.25) is 0 Å². The van der Waals surface area contributed by atoms with E-state index < -0.39 is 0 Å². The highest BCUT2D eigenvalue weighted by Crippen LogP contribution is 2.44. The van der Waals surface area contributed by atoms with Gasteiger partial charge in [-0.15, -0.1) is 0 Å². The molecule has 1 aliphatic carbocycles. The van der Waals surface area contributed by atoms with E-state index in [2.05, 4.69) is 45.0 Å². The van der Waals surface area contributed by atoms with Crippen LogP contribution in [0, 0.1) is 5.41 Å². The minimum absolute atomic E-state index is 0.353. The number of anilines is 1. The van der Waals surface area contributed by atoms with Gasteiger partial charge in [-0.05, 0) is 37.6 Å². The van der Waals surface area contributed by atoms with Gasteiger partial charge in [-0.2, -0.15) is 0 Å². The predicted molar refractivity (Wildman–Crippen MR) is 93.4 cm³/mol. The van der Waals surface area contributed by atoms with Gasteiger partial charge in [0.05, 0.1) is 5.69 Å². The van der Waals surface area contributed by atoms with Crippen LogP contribution >= 0.6 is 11.3 Å². The molecule has 1 heterocycles. The third-order valence-corrected chi connectivity index (χ3v) is 5.58. The number of unbranched alkanes of at least 4 members (excludes halogenated alkanes) is 1. The first-order valence-corrected chi connectivity index (χ1v) is 9.22. The van der Waals surface area contributed by atoms with Crippen molar-refractivity contribution in [2.24, 2.45) is 5.41 Å². The molecule has 1 aromatic rings. The van der Waals surface area contributed by atoms with Crippen LogP contribution in [-0.4, -0.2) is 25.1 Å². The van der Waals surface area contributed by atoms with Crippen LogP contribution in [0.25, 0.3) is 0 Å². The van der Waals surface area contributed by atoms with Crippen molar-refractivity contribution in [3.05, 3.63) is 10.6 Å². The molecule has 0 fully saturated rings. The number of hydrogen-bond donors (Lipinski definition) is 1. The molecule has 0 saturated heterocycles. The molecule has 0 aromatic carbocycles. The summed E-state index contributed by atoms with van der Waals surface area (Å²) in [6.45, 7) is 11.4. The molecule has 0 amide bonds. The van der Waals surface area contributed by atoms with Gasteiger partial charge in [-0.3, -0.25) is 0 Å². The summed E-state index contributed by atoms with van der Waals surface area (Å²) in [6.07, 6.45) is 6.01. The van der Waals surface area contributed by atoms with Crippen molar-refractivity contribution in [2.45, 2.75) is 65.8 Å². The van der Waals surface area contributed by atoms with Gasteiger partial charge in [-0.1, -0.05) is 45.5 Å². The Balaban J connectivity index is 2.19. The zero-order chi connectivity index (χ0) is 15.5. The van der Waals surface area contributed by atoms with E-state index in [9.17, 15) is 0 Å². The fourth-order valence-electron chi connectivity index (χ4n) is 3.06. The summed E-state index contributed by atoms with van der Waals surface area (Å²) in [4.78, 5) is 8.78. The molecule has 1 aromatic heterocycles. The van der Waals surface area contributed by atoms with Crippen LogP contribution in [0.15, 0.2) is 0 Å². The summed E-state index contributed by atoms with van der Waals surface area (Å²) in [5, 5.41) is 4.93. The van der Waals surface area contributed by atoms with Crippen molar-refractivity contribution in [3.8, 4) is 0 Å². The quantitative estimate of drug-likeness (QED) is 0.809. The predicted octanol–water partition coefficient (Wildman–Crippen LogP) is 4.39. The summed E-state index contributed by atoms with van der Waals surface area (Å²) < 4.78 is 0. The number of aromatic nitrogens is 1. The van der Waals surface area contributed by atoms with Crippen LogP contribution in [0.4, 0.5) is 5.13 Å². The average Bonchev–Trinajstić information content (AvgIpc) is 2.84. The molecule has 1 unspecified atom stereocenters. The molecule has 1 N–H and O–H groups in total. The summed E-state index contributed by atoms with van der Waals surface area (Å²) in [5.41, 5.74) is 1.69.